The molecule has 0 aromatic rings. The lowest BCUT2D eigenvalue weighted by molar-refractivity contribution is 0.441. The topological polar surface area (TPSA) is 0 Å². The lowest BCUT2D eigenvalue weighted by Crippen LogP contribution is -2.16. The summed E-state index contributed by atoms with van der Waals surface area (Å²) in [6.07, 6.45) is 4.72. The van der Waals surface area contributed by atoms with Gasteiger partial charge in [-0.1, -0.05) is 51.5 Å². The van der Waals surface area contributed by atoms with Gasteiger partial charge in [0.25, 0.3) is 0 Å². The third kappa shape index (κ3) is 2.23. The third-order valence-electron chi connectivity index (χ3n) is 2.48. The van der Waals surface area contributed by atoms with E-state index >= 15 is 0 Å². The Bertz CT molecular complexity index is 216. The molecule has 0 unspecified atom stereocenters. The molecule has 0 spiro atoms. The monoisotopic (exact) mass is 164 g/mol. The van der Waals surface area contributed by atoms with E-state index in [1.165, 1.54) is 5.57 Å². The van der Waals surface area contributed by atoms with E-state index in [0.717, 1.165) is 12.8 Å². The molecule has 0 nitrogen and oxygen atoms in total. The van der Waals surface area contributed by atoms with Gasteiger partial charge in [0.15, 0.2) is 0 Å². The van der Waals surface area contributed by atoms with E-state index in [-0.39, 0.29) is 0 Å². The van der Waals surface area contributed by atoms with Crippen LogP contribution in [0.5, 0.6) is 0 Å². The Balaban J connectivity index is 2.88. The SMILES string of the molecule is C=C1CC(C(C)C)=CC(C)(C)C1. The van der Waals surface area contributed by atoms with E-state index < -0.39 is 0 Å². The van der Waals surface area contributed by atoms with Crippen molar-refractivity contribution >= 4 is 0 Å². The van der Waals surface area contributed by atoms with Crippen LogP contribution < -0.4 is 0 Å². The quantitative estimate of drug-likeness (QED) is 0.515. The van der Waals surface area contributed by atoms with Crippen LogP contribution in [0.1, 0.15) is 40.5 Å². The highest BCUT2D eigenvalue weighted by atomic mass is 14.3. The number of allylic oxidation sites excluding steroid dienone is 3. The van der Waals surface area contributed by atoms with Gasteiger partial charge in [-0.25, -0.2) is 0 Å². The Morgan fingerprint density at radius 3 is 2.42 bits per heavy atom. The van der Waals surface area contributed by atoms with Crippen LogP contribution in [-0.2, 0) is 0 Å². The lowest BCUT2D eigenvalue weighted by atomic mass is 9.75. The minimum absolute atomic E-state index is 0.342. The van der Waals surface area contributed by atoms with E-state index in [1.807, 2.05) is 0 Å². The molecule has 0 aromatic heterocycles. The Hall–Kier alpha value is -0.520. The fraction of sp³-hybridized carbons (Fsp3) is 0.667. The zero-order valence-corrected chi connectivity index (χ0v) is 8.78. The van der Waals surface area contributed by atoms with Crippen molar-refractivity contribution in [2.45, 2.75) is 40.5 Å². The molecule has 0 aromatic carbocycles. The van der Waals surface area contributed by atoms with Gasteiger partial charge >= 0.3 is 0 Å². The summed E-state index contributed by atoms with van der Waals surface area (Å²) in [5, 5.41) is 0. The molecule has 0 bridgehead atoms. The van der Waals surface area contributed by atoms with Crippen molar-refractivity contribution in [1.29, 1.82) is 0 Å². The molecule has 0 radical (unpaired) electrons. The molecule has 0 amide bonds. The fourth-order valence-electron chi connectivity index (χ4n) is 1.97. The van der Waals surface area contributed by atoms with Gasteiger partial charge < -0.3 is 0 Å². The molecule has 0 saturated carbocycles. The fourth-order valence-corrected chi connectivity index (χ4v) is 1.97. The maximum atomic E-state index is 4.10. The molecule has 0 aliphatic heterocycles. The van der Waals surface area contributed by atoms with E-state index in [0.29, 0.717) is 11.3 Å². The van der Waals surface area contributed by atoms with Crippen LogP contribution in [0.2, 0.25) is 0 Å². The summed E-state index contributed by atoms with van der Waals surface area (Å²) in [4.78, 5) is 0. The highest BCUT2D eigenvalue weighted by molar-refractivity contribution is 5.24. The average molecular weight is 164 g/mol. The molecule has 1 aliphatic rings. The Morgan fingerprint density at radius 1 is 1.42 bits per heavy atom. The second-order valence-electron chi connectivity index (χ2n) is 4.97. The van der Waals surface area contributed by atoms with Crippen LogP contribution in [0, 0.1) is 11.3 Å². The van der Waals surface area contributed by atoms with Crippen molar-refractivity contribution in [1.82, 2.24) is 0 Å². The van der Waals surface area contributed by atoms with Gasteiger partial charge in [0.05, 0.1) is 0 Å². The Kier molecular flexibility index (Phi) is 2.46. The van der Waals surface area contributed by atoms with Crippen molar-refractivity contribution < 1.29 is 0 Å². The first-order chi connectivity index (χ1) is 5.41. The molecular weight excluding hydrogens is 144 g/mol. The molecule has 1 aliphatic carbocycles. The van der Waals surface area contributed by atoms with Crippen LogP contribution in [-0.4, -0.2) is 0 Å². The Morgan fingerprint density at radius 2 is 2.00 bits per heavy atom. The standard InChI is InChI=1S/C12H20/c1-9(2)11-6-10(3)7-12(4,5)8-11/h8-9H,3,6-7H2,1-2,4-5H3. The van der Waals surface area contributed by atoms with Crippen LogP contribution in [0.15, 0.2) is 23.8 Å². The summed E-state index contributed by atoms with van der Waals surface area (Å²) in [5.41, 5.74) is 3.30. The van der Waals surface area contributed by atoms with E-state index in [2.05, 4.69) is 40.3 Å². The van der Waals surface area contributed by atoms with E-state index in [9.17, 15) is 0 Å². The van der Waals surface area contributed by atoms with E-state index in [1.54, 1.807) is 5.57 Å². The number of hydrogen-bond donors (Lipinski definition) is 0. The summed E-state index contributed by atoms with van der Waals surface area (Å²) in [6.45, 7) is 13.2. The van der Waals surface area contributed by atoms with E-state index in [4.69, 9.17) is 0 Å². The molecule has 0 fully saturated rings. The molecule has 1 rings (SSSR count). The first-order valence-corrected chi connectivity index (χ1v) is 4.79. The van der Waals surface area contributed by atoms with Crippen molar-refractivity contribution in [3.63, 3.8) is 0 Å². The van der Waals surface area contributed by atoms with Crippen LogP contribution in [0.3, 0.4) is 0 Å². The molecule has 0 atom stereocenters. The van der Waals surface area contributed by atoms with Crippen molar-refractivity contribution in [2.75, 3.05) is 0 Å². The average Bonchev–Trinajstić information content (AvgIpc) is 1.82. The molecule has 12 heavy (non-hydrogen) atoms. The lowest BCUT2D eigenvalue weighted by Gasteiger charge is -2.30. The maximum Gasteiger partial charge on any atom is -0.0108 e. The second-order valence-corrected chi connectivity index (χ2v) is 4.97. The number of hydrogen-bond acceptors (Lipinski definition) is 0. The summed E-state index contributed by atoms with van der Waals surface area (Å²) in [7, 11) is 0. The van der Waals surface area contributed by atoms with Gasteiger partial charge in [-0.2, -0.15) is 0 Å². The molecule has 0 heterocycles. The van der Waals surface area contributed by atoms with Crippen LogP contribution >= 0.6 is 0 Å². The van der Waals surface area contributed by atoms with Crippen molar-refractivity contribution in [2.24, 2.45) is 11.3 Å². The van der Waals surface area contributed by atoms with Crippen LogP contribution in [0.4, 0.5) is 0 Å². The van der Waals surface area contributed by atoms with Gasteiger partial charge in [-0.05, 0) is 24.2 Å². The molecule has 0 saturated heterocycles. The first kappa shape index (κ1) is 9.57. The summed E-state index contributed by atoms with van der Waals surface area (Å²) >= 11 is 0. The van der Waals surface area contributed by atoms with Gasteiger partial charge in [0.2, 0.25) is 0 Å². The predicted octanol–water partition coefficient (Wildman–Crippen LogP) is 3.95. The molecular formula is C12H20. The van der Waals surface area contributed by atoms with Gasteiger partial charge in [0, 0.05) is 0 Å². The van der Waals surface area contributed by atoms with Gasteiger partial charge in [-0.15, -0.1) is 0 Å². The van der Waals surface area contributed by atoms with Crippen LogP contribution in [0.25, 0.3) is 0 Å². The van der Waals surface area contributed by atoms with Gasteiger partial charge in [0.1, 0.15) is 0 Å². The zero-order chi connectivity index (χ0) is 9.35. The minimum Gasteiger partial charge on any atom is -0.0995 e. The largest absolute Gasteiger partial charge is 0.0995 e. The Labute approximate surface area is 76.4 Å². The smallest absolute Gasteiger partial charge is 0.0108 e. The van der Waals surface area contributed by atoms with Gasteiger partial charge in [-0.3, -0.25) is 0 Å². The minimum atomic E-state index is 0.342. The summed E-state index contributed by atoms with van der Waals surface area (Å²) < 4.78 is 0. The highest BCUT2D eigenvalue weighted by Gasteiger charge is 2.23. The molecule has 0 heteroatoms. The summed E-state index contributed by atoms with van der Waals surface area (Å²) in [5.74, 6) is 0.682. The van der Waals surface area contributed by atoms with Crippen molar-refractivity contribution in [3.8, 4) is 0 Å². The maximum absolute atomic E-state index is 4.10. The predicted molar refractivity (Wildman–Crippen MR) is 55.1 cm³/mol. The zero-order valence-electron chi connectivity index (χ0n) is 8.78. The third-order valence-corrected chi connectivity index (χ3v) is 2.48. The normalized spacial score (nSPS) is 22.8. The summed E-state index contributed by atoms with van der Waals surface area (Å²) in [6, 6.07) is 0. The second kappa shape index (κ2) is 3.08. The molecule has 0 N–H and O–H groups in total. The first-order valence-electron chi connectivity index (χ1n) is 4.79. The molecule has 68 valence electrons. The highest BCUT2D eigenvalue weighted by Crippen LogP contribution is 2.37. The number of rotatable bonds is 1. The van der Waals surface area contributed by atoms with Crippen molar-refractivity contribution in [3.05, 3.63) is 23.8 Å².